The molecule has 2 heterocycles. The Bertz CT molecular complexity index is 881. The van der Waals surface area contributed by atoms with Crippen LogP contribution in [-0.2, 0) is 13.0 Å². The highest BCUT2D eigenvalue weighted by Crippen LogP contribution is 2.10. The zero-order chi connectivity index (χ0) is 19.1. The van der Waals surface area contributed by atoms with Crippen molar-refractivity contribution in [1.29, 1.82) is 0 Å². The van der Waals surface area contributed by atoms with Gasteiger partial charge in [-0.25, -0.2) is 9.97 Å². The van der Waals surface area contributed by atoms with Gasteiger partial charge < -0.3 is 10.2 Å². The van der Waals surface area contributed by atoms with Crippen LogP contribution in [0.3, 0.4) is 0 Å². The molecule has 0 fully saturated rings. The van der Waals surface area contributed by atoms with Gasteiger partial charge in [-0.05, 0) is 42.2 Å². The number of aryl methyl sites for hydroxylation is 1. The Hall–Kier alpha value is -3.28. The molecule has 0 radical (unpaired) electrons. The first-order valence-corrected chi connectivity index (χ1v) is 8.88. The van der Waals surface area contributed by atoms with Crippen molar-refractivity contribution in [2.45, 2.75) is 19.9 Å². The van der Waals surface area contributed by atoms with Crippen molar-refractivity contribution in [2.24, 2.45) is 0 Å². The van der Waals surface area contributed by atoms with E-state index in [-0.39, 0.29) is 5.91 Å². The summed E-state index contributed by atoms with van der Waals surface area (Å²) >= 11 is 0. The molecule has 6 heteroatoms. The summed E-state index contributed by atoms with van der Waals surface area (Å²) in [6.45, 7) is 3.35. The maximum absolute atomic E-state index is 12.5. The summed E-state index contributed by atoms with van der Waals surface area (Å²) in [5.41, 5.74) is 3.91. The molecule has 1 aromatic carbocycles. The quantitative estimate of drug-likeness (QED) is 0.700. The Morgan fingerprint density at radius 2 is 1.85 bits per heavy atom. The highest BCUT2D eigenvalue weighted by molar-refractivity contribution is 5.91. The SMILES string of the molecule is Cc1ccccc1CNc1cnc(C(=O)N(C)CCc2ccncc2)cn1. The zero-order valence-corrected chi connectivity index (χ0v) is 15.6. The van der Waals surface area contributed by atoms with Crippen LogP contribution in [0.5, 0.6) is 0 Å². The zero-order valence-electron chi connectivity index (χ0n) is 15.6. The summed E-state index contributed by atoms with van der Waals surface area (Å²) in [5.74, 6) is 0.510. The van der Waals surface area contributed by atoms with E-state index in [4.69, 9.17) is 0 Å². The van der Waals surface area contributed by atoms with E-state index in [0.717, 1.165) is 12.0 Å². The second-order valence-electron chi connectivity index (χ2n) is 6.40. The number of likely N-dealkylation sites (N-methyl/N-ethyl adjacent to an activating group) is 1. The number of nitrogens with zero attached hydrogens (tertiary/aromatic N) is 4. The number of pyridine rings is 1. The molecule has 1 N–H and O–H groups in total. The van der Waals surface area contributed by atoms with Crippen molar-refractivity contribution >= 4 is 11.7 Å². The summed E-state index contributed by atoms with van der Waals surface area (Å²) in [6, 6.07) is 12.1. The molecule has 138 valence electrons. The number of nitrogens with one attached hydrogen (secondary N) is 1. The van der Waals surface area contributed by atoms with E-state index >= 15 is 0 Å². The number of hydrogen-bond donors (Lipinski definition) is 1. The number of benzene rings is 1. The van der Waals surface area contributed by atoms with E-state index in [9.17, 15) is 4.79 Å². The third kappa shape index (κ3) is 5.10. The fourth-order valence-electron chi connectivity index (χ4n) is 2.67. The normalized spacial score (nSPS) is 10.4. The lowest BCUT2D eigenvalue weighted by Gasteiger charge is -2.16. The molecule has 0 bridgehead atoms. The van der Waals surface area contributed by atoms with Crippen LogP contribution >= 0.6 is 0 Å². The van der Waals surface area contributed by atoms with Crippen molar-refractivity contribution in [3.05, 3.63) is 83.6 Å². The molecule has 0 unspecified atom stereocenters. The first-order valence-electron chi connectivity index (χ1n) is 8.88. The molecular formula is C21H23N5O. The minimum absolute atomic E-state index is 0.137. The summed E-state index contributed by atoms with van der Waals surface area (Å²) in [7, 11) is 1.77. The molecule has 0 saturated heterocycles. The van der Waals surface area contributed by atoms with Crippen LogP contribution < -0.4 is 5.32 Å². The van der Waals surface area contributed by atoms with Gasteiger partial charge in [-0.15, -0.1) is 0 Å². The van der Waals surface area contributed by atoms with Gasteiger partial charge in [0, 0.05) is 32.5 Å². The number of anilines is 1. The van der Waals surface area contributed by atoms with Gasteiger partial charge in [0.2, 0.25) is 0 Å². The monoisotopic (exact) mass is 361 g/mol. The van der Waals surface area contributed by atoms with E-state index in [1.165, 1.54) is 17.3 Å². The second-order valence-corrected chi connectivity index (χ2v) is 6.40. The van der Waals surface area contributed by atoms with E-state index in [1.54, 1.807) is 30.5 Å². The van der Waals surface area contributed by atoms with Crippen molar-refractivity contribution in [1.82, 2.24) is 19.9 Å². The molecule has 0 aliphatic carbocycles. The Labute approximate surface area is 159 Å². The molecular weight excluding hydrogens is 338 g/mol. The molecule has 0 aliphatic rings. The number of hydrogen-bond acceptors (Lipinski definition) is 5. The number of amides is 1. The standard InChI is InChI=1S/C21H23N5O/c1-16-5-3-4-6-18(16)13-24-20-15-23-19(14-25-20)21(27)26(2)12-9-17-7-10-22-11-8-17/h3-8,10-11,14-15H,9,12-13H2,1-2H3,(H,24,25). The minimum atomic E-state index is -0.137. The molecule has 0 aliphatic heterocycles. The van der Waals surface area contributed by atoms with Crippen molar-refractivity contribution in [3.8, 4) is 0 Å². The van der Waals surface area contributed by atoms with E-state index in [2.05, 4.69) is 39.3 Å². The van der Waals surface area contributed by atoms with Crippen LogP contribution in [0.15, 0.2) is 61.2 Å². The second kappa shape index (κ2) is 8.89. The minimum Gasteiger partial charge on any atom is -0.365 e. The summed E-state index contributed by atoms with van der Waals surface area (Å²) < 4.78 is 0. The predicted octanol–water partition coefficient (Wildman–Crippen LogP) is 3.11. The van der Waals surface area contributed by atoms with Crippen LogP contribution in [0.25, 0.3) is 0 Å². The molecule has 0 atom stereocenters. The average molecular weight is 361 g/mol. The van der Waals surface area contributed by atoms with Gasteiger partial charge in [-0.2, -0.15) is 0 Å². The highest BCUT2D eigenvalue weighted by atomic mass is 16.2. The van der Waals surface area contributed by atoms with Gasteiger partial charge >= 0.3 is 0 Å². The lowest BCUT2D eigenvalue weighted by Crippen LogP contribution is -2.29. The van der Waals surface area contributed by atoms with Crippen LogP contribution in [0, 0.1) is 6.92 Å². The van der Waals surface area contributed by atoms with Crippen LogP contribution in [-0.4, -0.2) is 39.4 Å². The van der Waals surface area contributed by atoms with E-state index < -0.39 is 0 Å². The van der Waals surface area contributed by atoms with Crippen molar-refractivity contribution < 1.29 is 4.79 Å². The first kappa shape index (κ1) is 18.5. The molecule has 3 rings (SSSR count). The largest absolute Gasteiger partial charge is 0.365 e. The molecule has 27 heavy (non-hydrogen) atoms. The summed E-state index contributed by atoms with van der Waals surface area (Å²) in [5, 5.41) is 3.24. The number of rotatable bonds is 7. The number of carbonyl (C=O) groups excluding carboxylic acids is 1. The molecule has 0 spiro atoms. The Morgan fingerprint density at radius 3 is 2.56 bits per heavy atom. The number of carbonyl (C=O) groups is 1. The van der Waals surface area contributed by atoms with Gasteiger partial charge in [0.15, 0.2) is 0 Å². The first-order chi connectivity index (χ1) is 13.1. The van der Waals surface area contributed by atoms with Gasteiger partial charge in [-0.1, -0.05) is 24.3 Å². The lowest BCUT2D eigenvalue weighted by molar-refractivity contribution is 0.0790. The third-order valence-corrected chi connectivity index (χ3v) is 4.42. The Morgan fingerprint density at radius 1 is 1.07 bits per heavy atom. The molecule has 3 aromatic rings. The topological polar surface area (TPSA) is 71.0 Å². The smallest absolute Gasteiger partial charge is 0.273 e. The Kier molecular flexibility index (Phi) is 6.10. The number of aromatic nitrogens is 3. The maximum atomic E-state index is 12.5. The molecule has 1 amide bonds. The predicted molar refractivity (Wildman–Crippen MR) is 105 cm³/mol. The van der Waals surface area contributed by atoms with Crippen LogP contribution in [0.2, 0.25) is 0 Å². The van der Waals surface area contributed by atoms with Crippen molar-refractivity contribution in [2.75, 3.05) is 18.9 Å². The summed E-state index contributed by atoms with van der Waals surface area (Å²) in [6.07, 6.45) is 7.40. The maximum Gasteiger partial charge on any atom is 0.273 e. The molecule has 0 saturated carbocycles. The fourth-order valence-corrected chi connectivity index (χ4v) is 2.67. The highest BCUT2D eigenvalue weighted by Gasteiger charge is 2.13. The Balaban J connectivity index is 1.54. The average Bonchev–Trinajstić information content (AvgIpc) is 2.72. The van der Waals surface area contributed by atoms with Gasteiger partial charge in [0.1, 0.15) is 11.5 Å². The molecule has 6 nitrogen and oxygen atoms in total. The van der Waals surface area contributed by atoms with Crippen LogP contribution in [0.4, 0.5) is 5.82 Å². The van der Waals surface area contributed by atoms with E-state index in [1.807, 2.05) is 24.3 Å². The van der Waals surface area contributed by atoms with E-state index in [0.29, 0.717) is 24.6 Å². The van der Waals surface area contributed by atoms with Gasteiger partial charge in [0.05, 0.1) is 12.4 Å². The van der Waals surface area contributed by atoms with Gasteiger partial charge in [-0.3, -0.25) is 9.78 Å². The van der Waals surface area contributed by atoms with Crippen LogP contribution in [0.1, 0.15) is 27.2 Å². The summed E-state index contributed by atoms with van der Waals surface area (Å²) in [4.78, 5) is 26.7. The third-order valence-electron chi connectivity index (χ3n) is 4.42. The molecule has 2 aromatic heterocycles. The van der Waals surface area contributed by atoms with Gasteiger partial charge in [0.25, 0.3) is 5.91 Å². The van der Waals surface area contributed by atoms with Crippen molar-refractivity contribution in [3.63, 3.8) is 0 Å². The fraction of sp³-hybridized carbons (Fsp3) is 0.238. The lowest BCUT2D eigenvalue weighted by atomic mass is 10.1.